The fourth-order valence-electron chi connectivity index (χ4n) is 3.61. The summed E-state index contributed by atoms with van der Waals surface area (Å²) in [6.45, 7) is 3.08. The lowest BCUT2D eigenvalue weighted by molar-refractivity contribution is 0.256. The van der Waals surface area contributed by atoms with Gasteiger partial charge in [0.05, 0.1) is 18.7 Å². The van der Waals surface area contributed by atoms with Gasteiger partial charge in [0.1, 0.15) is 17.9 Å². The number of benzene rings is 2. The Morgan fingerprint density at radius 2 is 2.00 bits per heavy atom. The average molecular weight is 494 g/mol. The molecule has 2 aromatic carbocycles. The number of urea groups is 1. The summed E-state index contributed by atoms with van der Waals surface area (Å²) in [6.07, 6.45) is 3.43. The van der Waals surface area contributed by atoms with Gasteiger partial charge < -0.3 is 20.3 Å². The lowest BCUT2D eigenvalue weighted by Crippen LogP contribution is -2.32. The molecule has 3 N–H and O–H groups in total. The first-order valence-electron chi connectivity index (χ1n) is 11.7. The quantitative estimate of drug-likeness (QED) is 0.366. The van der Waals surface area contributed by atoms with E-state index in [2.05, 4.69) is 49.9 Å². The van der Waals surface area contributed by atoms with Crippen LogP contribution in [0.3, 0.4) is 0 Å². The van der Waals surface area contributed by atoms with E-state index >= 15 is 0 Å². The highest BCUT2D eigenvalue weighted by atomic mass is 32.2. The van der Waals surface area contributed by atoms with Gasteiger partial charge in [-0.15, -0.1) is 0 Å². The normalized spacial score (nSPS) is 15.2. The Morgan fingerprint density at radius 3 is 2.83 bits per heavy atom. The van der Waals surface area contributed by atoms with Crippen LogP contribution in [0.15, 0.2) is 59.9 Å². The molecule has 2 heterocycles. The van der Waals surface area contributed by atoms with Gasteiger partial charge in [-0.3, -0.25) is 10.3 Å². The lowest BCUT2D eigenvalue weighted by atomic mass is 10.2. The Bertz CT molecular complexity index is 1160. The standard InChI is InChI=1S/C25H31N7O2S/c1-32(2)13-6-14-34-19-9-10-21-22(15-19)28-17-29-23(21)26-12-11-20-16-27-25(35-20)31-24(33)30-18-7-4-3-5-8-18/h3-5,7-10,15,17,20H,6,11-14,16H2,1-2H3,(H,26,28,29)(H2,27,30,31,33). The number of amides is 2. The van der Waals surface area contributed by atoms with Crippen molar-refractivity contribution in [1.82, 2.24) is 20.2 Å². The molecule has 4 rings (SSSR count). The summed E-state index contributed by atoms with van der Waals surface area (Å²) < 4.78 is 5.87. The van der Waals surface area contributed by atoms with Crippen LogP contribution < -0.4 is 20.7 Å². The summed E-state index contributed by atoms with van der Waals surface area (Å²) in [6, 6.07) is 15.0. The van der Waals surface area contributed by atoms with Gasteiger partial charge in [0.15, 0.2) is 5.17 Å². The zero-order valence-electron chi connectivity index (χ0n) is 20.0. The molecule has 0 spiro atoms. The van der Waals surface area contributed by atoms with Gasteiger partial charge in [0.2, 0.25) is 0 Å². The number of carbonyl (C=O) groups is 1. The number of nitrogens with one attached hydrogen (secondary N) is 3. The van der Waals surface area contributed by atoms with Gasteiger partial charge in [-0.25, -0.2) is 14.8 Å². The number of rotatable bonds is 10. The molecule has 2 amide bonds. The molecule has 35 heavy (non-hydrogen) atoms. The average Bonchev–Trinajstić information content (AvgIpc) is 3.29. The largest absolute Gasteiger partial charge is 0.493 e. The molecule has 1 aliphatic heterocycles. The monoisotopic (exact) mass is 493 g/mol. The number of amidine groups is 1. The molecule has 0 radical (unpaired) electrons. The third kappa shape index (κ3) is 7.56. The zero-order chi connectivity index (χ0) is 24.5. The molecule has 9 nitrogen and oxygen atoms in total. The second-order valence-electron chi connectivity index (χ2n) is 8.45. The molecule has 0 fully saturated rings. The van der Waals surface area contributed by atoms with Crippen LogP contribution >= 0.6 is 11.8 Å². The minimum atomic E-state index is -0.283. The van der Waals surface area contributed by atoms with E-state index in [1.807, 2.05) is 48.5 Å². The Balaban J connectivity index is 1.21. The van der Waals surface area contributed by atoms with Crippen LogP contribution in [0.5, 0.6) is 5.75 Å². The first-order chi connectivity index (χ1) is 17.1. The van der Waals surface area contributed by atoms with Crippen molar-refractivity contribution in [3.05, 3.63) is 54.9 Å². The van der Waals surface area contributed by atoms with Crippen molar-refractivity contribution in [1.29, 1.82) is 0 Å². The number of hydrogen-bond acceptors (Lipinski definition) is 8. The fraction of sp³-hybridized carbons (Fsp3) is 0.360. The van der Waals surface area contributed by atoms with Crippen molar-refractivity contribution in [2.75, 3.05) is 51.0 Å². The lowest BCUT2D eigenvalue weighted by Gasteiger charge is -2.13. The smallest absolute Gasteiger partial charge is 0.325 e. The highest BCUT2D eigenvalue weighted by Crippen LogP contribution is 2.26. The number of aliphatic imine (C=N–C) groups is 1. The molecule has 0 saturated heterocycles. The predicted octanol–water partition coefficient (Wildman–Crippen LogP) is 4.06. The van der Waals surface area contributed by atoms with E-state index in [0.29, 0.717) is 23.6 Å². The number of thioether (sulfide) groups is 1. The summed E-state index contributed by atoms with van der Waals surface area (Å²) in [5.74, 6) is 1.62. The maximum absolute atomic E-state index is 12.2. The Morgan fingerprint density at radius 1 is 1.14 bits per heavy atom. The summed E-state index contributed by atoms with van der Waals surface area (Å²) in [7, 11) is 4.11. The first kappa shape index (κ1) is 24.7. The molecular weight excluding hydrogens is 462 g/mol. The number of carbonyl (C=O) groups excluding carboxylic acids is 1. The maximum Gasteiger partial charge on any atom is 0.325 e. The summed E-state index contributed by atoms with van der Waals surface area (Å²) in [5, 5.41) is 11.0. The molecule has 184 valence electrons. The van der Waals surface area contributed by atoms with Crippen LogP contribution in [0.2, 0.25) is 0 Å². The fourth-order valence-corrected chi connectivity index (χ4v) is 4.61. The summed E-state index contributed by atoms with van der Waals surface area (Å²) in [5.41, 5.74) is 1.59. The van der Waals surface area contributed by atoms with Gasteiger partial charge in [-0.1, -0.05) is 30.0 Å². The summed E-state index contributed by atoms with van der Waals surface area (Å²) in [4.78, 5) is 27.6. The maximum atomic E-state index is 12.2. The second kappa shape index (κ2) is 12.4. The first-order valence-corrected chi connectivity index (χ1v) is 12.5. The third-order valence-corrected chi connectivity index (χ3v) is 6.53. The van der Waals surface area contributed by atoms with Gasteiger partial charge in [0, 0.05) is 35.5 Å². The van der Waals surface area contributed by atoms with Crippen molar-refractivity contribution in [2.45, 2.75) is 18.1 Å². The molecule has 1 aromatic heterocycles. The number of nitrogens with zero attached hydrogens (tertiary/aromatic N) is 4. The van der Waals surface area contributed by atoms with E-state index in [0.717, 1.165) is 54.1 Å². The van der Waals surface area contributed by atoms with Gasteiger partial charge in [-0.05, 0) is 51.2 Å². The molecule has 3 aromatic rings. The van der Waals surface area contributed by atoms with Crippen molar-refractivity contribution >= 4 is 45.4 Å². The topological polar surface area (TPSA) is 104 Å². The zero-order valence-corrected chi connectivity index (χ0v) is 20.8. The molecular formula is C25H31N7O2S. The van der Waals surface area contributed by atoms with Crippen molar-refractivity contribution in [3.63, 3.8) is 0 Å². The number of para-hydroxylation sites is 1. The van der Waals surface area contributed by atoms with E-state index in [4.69, 9.17) is 4.74 Å². The van der Waals surface area contributed by atoms with Crippen molar-refractivity contribution in [2.24, 2.45) is 4.99 Å². The second-order valence-corrected chi connectivity index (χ2v) is 9.74. The number of fused-ring (bicyclic) bond motifs is 1. The van der Waals surface area contributed by atoms with Crippen LogP contribution in [0.1, 0.15) is 12.8 Å². The highest BCUT2D eigenvalue weighted by Gasteiger charge is 2.21. The number of hydrogen-bond donors (Lipinski definition) is 3. The van der Waals surface area contributed by atoms with Crippen LogP contribution in [-0.2, 0) is 0 Å². The summed E-state index contributed by atoms with van der Waals surface area (Å²) >= 11 is 1.59. The van der Waals surface area contributed by atoms with Crippen LogP contribution in [0, 0.1) is 0 Å². The Kier molecular flexibility index (Phi) is 8.74. The number of ether oxygens (including phenoxy) is 1. The van der Waals surface area contributed by atoms with Gasteiger partial charge in [0.25, 0.3) is 0 Å². The van der Waals surface area contributed by atoms with E-state index in [-0.39, 0.29) is 6.03 Å². The van der Waals surface area contributed by atoms with Gasteiger partial charge >= 0.3 is 6.03 Å². The van der Waals surface area contributed by atoms with Gasteiger partial charge in [-0.2, -0.15) is 0 Å². The van der Waals surface area contributed by atoms with E-state index < -0.39 is 0 Å². The molecule has 1 aliphatic rings. The van der Waals surface area contributed by atoms with E-state index in [1.54, 1.807) is 18.1 Å². The number of aromatic nitrogens is 2. The highest BCUT2D eigenvalue weighted by molar-refractivity contribution is 8.14. The molecule has 0 saturated carbocycles. The van der Waals surface area contributed by atoms with Crippen LogP contribution in [0.4, 0.5) is 16.3 Å². The van der Waals surface area contributed by atoms with E-state index in [9.17, 15) is 4.79 Å². The Hall–Kier alpha value is -3.37. The molecule has 1 atom stereocenters. The molecule has 10 heteroatoms. The van der Waals surface area contributed by atoms with E-state index in [1.165, 1.54) is 0 Å². The molecule has 0 aliphatic carbocycles. The molecule has 1 unspecified atom stereocenters. The van der Waals surface area contributed by atoms with Crippen LogP contribution in [-0.4, -0.2) is 71.7 Å². The third-order valence-electron chi connectivity index (χ3n) is 5.35. The molecule has 0 bridgehead atoms. The SMILES string of the molecule is CN(C)CCCOc1ccc2c(NCCC3CN=C(NC(=O)Nc4ccccc4)S3)ncnc2c1. The van der Waals surface area contributed by atoms with Crippen molar-refractivity contribution < 1.29 is 9.53 Å². The minimum absolute atomic E-state index is 0.283. The Labute approximate surface area is 209 Å². The predicted molar refractivity (Wildman–Crippen MR) is 144 cm³/mol. The van der Waals surface area contributed by atoms with Crippen molar-refractivity contribution in [3.8, 4) is 5.75 Å². The number of anilines is 2. The van der Waals surface area contributed by atoms with Crippen LogP contribution in [0.25, 0.3) is 10.9 Å². The minimum Gasteiger partial charge on any atom is -0.493 e.